The maximum Gasteiger partial charge on any atom is 0.408 e. The Morgan fingerprint density at radius 3 is 2.47 bits per heavy atom. The lowest BCUT2D eigenvalue weighted by molar-refractivity contribution is -0.113. The zero-order valence-corrected chi connectivity index (χ0v) is 12.0. The Kier molecular flexibility index (Phi) is 4.29. The highest BCUT2D eigenvalue weighted by Gasteiger charge is 2.32. The number of carbonyl (C=O) groups excluding carboxylic acids is 2. The molecule has 5 heteroatoms. The summed E-state index contributed by atoms with van der Waals surface area (Å²) in [7, 11) is 0. The number of pyridine rings is 1. The smallest absolute Gasteiger partial charge is 0.408 e. The van der Waals surface area contributed by atoms with Crippen molar-refractivity contribution in [3.05, 3.63) is 29.6 Å². The third kappa shape index (κ3) is 4.05. The van der Waals surface area contributed by atoms with Crippen LogP contribution in [0.15, 0.2) is 18.3 Å². The van der Waals surface area contributed by atoms with Crippen molar-refractivity contribution in [3.8, 4) is 0 Å². The molecule has 104 valence electrons. The fourth-order valence-corrected chi connectivity index (χ4v) is 1.71. The molecular weight excluding hydrogens is 244 g/mol. The number of aryl methyl sites for hydroxylation is 1. The summed E-state index contributed by atoms with van der Waals surface area (Å²) >= 11 is 0. The molecule has 1 unspecified atom stereocenters. The molecule has 5 nitrogen and oxygen atoms in total. The highest BCUT2D eigenvalue weighted by Crippen LogP contribution is 2.21. The van der Waals surface area contributed by atoms with Gasteiger partial charge in [0, 0.05) is 17.5 Å². The van der Waals surface area contributed by atoms with Crippen LogP contribution in [-0.2, 0) is 15.1 Å². The summed E-state index contributed by atoms with van der Waals surface area (Å²) in [5, 5.41) is 2.59. The first-order chi connectivity index (χ1) is 8.68. The first-order valence-corrected chi connectivity index (χ1v) is 6.07. The van der Waals surface area contributed by atoms with Crippen LogP contribution < -0.4 is 5.32 Å². The lowest BCUT2D eigenvalue weighted by atomic mass is 9.93. The molecular formula is C14H20N2O3. The van der Waals surface area contributed by atoms with Gasteiger partial charge in [0.05, 0.1) is 0 Å². The summed E-state index contributed by atoms with van der Waals surface area (Å²) in [6.45, 7) is 8.70. The van der Waals surface area contributed by atoms with Crippen molar-refractivity contribution in [1.82, 2.24) is 10.3 Å². The zero-order valence-electron chi connectivity index (χ0n) is 12.0. The van der Waals surface area contributed by atoms with E-state index in [0.717, 1.165) is 0 Å². The van der Waals surface area contributed by atoms with Crippen molar-refractivity contribution < 1.29 is 14.3 Å². The molecule has 1 aromatic heterocycles. The van der Waals surface area contributed by atoms with E-state index >= 15 is 0 Å². The predicted octanol–water partition coefficient (Wildman–Crippen LogP) is 2.33. The molecule has 0 aliphatic heterocycles. The van der Waals surface area contributed by atoms with Gasteiger partial charge in [-0.05, 0) is 40.7 Å². The molecule has 1 heterocycles. The number of nitrogens with zero attached hydrogens (tertiary/aromatic N) is 1. The molecule has 1 N–H and O–H groups in total. The van der Waals surface area contributed by atoms with E-state index in [1.807, 2.05) is 0 Å². The quantitative estimate of drug-likeness (QED) is 0.851. The topological polar surface area (TPSA) is 68.3 Å². The van der Waals surface area contributed by atoms with Gasteiger partial charge in [0.25, 0.3) is 0 Å². The Balaban J connectivity index is 2.97. The van der Waals surface area contributed by atoms with E-state index < -0.39 is 17.2 Å². The molecule has 0 aliphatic rings. The normalized spacial score (nSPS) is 14.4. The third-order valence-electron chi connectivity index (χ3n) is 2.56. The first kappa shape index (κ1) is 15.1. The monoisotopic (exact) mass is 264 g/mol. The number of aldehydes is 1. The lowest BCUT2D eigenvalue weighted by Gasteiger charge is -2.28. The molecule has 0 aromatic carbocycles. The van der Waals surface area contributed by atoms with Crippen molar-refractivity contribution in [2.45, 2.75) is 45.8 Å². The largest absolute Gasteiger partial charge is 0.444 e. The van der Waals surface area contributed by atoms with Gasteiger partial charge in [-0.2, -0.15) is 0 Å². The number of aromatic nitrogens is 1. The summed E-state index contributed by atoms with van der Waals surface area (Å²) in [4.78, 5) is 27.3. The van der Waals surface area contributed by atoms with Crippen molar-refractivity contribution in [1.29, 1.82) is 0 Å². The molecule has 0 radical (unpaired) electrons. The minimum Gasteiger partial charge on any atom is -0.444 e. The van der Waals surface area contributed by atoms with E-state index in [4.69, 9.17) is 4.74 Å². The van der Waals surface area contributed by atoms with Crippen LogP contribution in [0.1, 0.15) is 39.0 Å². The van der Waals surface area contributed by atoms with Gasteiger partial charge >= 0.3 is 6.09 Å². The van der Waals surface area contributed by atoms with Gasteiger partial charge in [0.15, 0.2) is 0 Å². The van der Waals surface area contributed by atoms with Gasteiger partial charge in [-0.15, -0.1) is 0 Å². The second kappa shape index (κ2) is 5.38. The van der Waals surface area contributed by atoms with Crippen molar-refractivity contribution in [2.75, 3.05) is 0 Å². The molecule has 0 spiro atoms. The van der Waals surface area contributed by atoms with Gasteiger partial charge in [0.2, 0.25) is 0 Å². The van der Waals surface area contributed by atoms with Crippen LogP contribution in [0.5, 0.6) is 0 Å². The predicted molar refractivity (Wildman–Crippen MR) is 71.8 cm³/mol. The van der Waals surface area contributed by atoms with E-state index in [9.17, 15) is 9.59 Å². The highest BCUT2D eigenvalue weighted by molar-refractivity contribution is 5.78. The molecule has 19 heavy (non-hydrogen) atoms. The van der Waals surface area contributed by atoms with Crippen molar-refractivity contribution in [2.24, 2.45) is 0 Å². The number of hydrogen-bond acceptors (Lipinski definition) is 4. The van der Waals surface area contributed by atoms with E-state index in [1.165, 1.54) is 0 Å². The summed E-state index contributed by atoms with van der Waals surface area (Å²) in [5.41, 5.74) is -0.428. The second-order valence-corrected chi connectivity index (χ2v) is 5.58. The zero-order chi connectivity index (χ0) is 14.7. The SMILES string of the molecule is Cc1ncccc1C(C)(C=O)NC(=O)OC(C)(C)C. The summed E-state index contributed by atoms with van der Waals surface area (Å²) < 4.78 is 5.17. The van der Waals surface area contributed by atoms with Gasteiger partial charge in [-0.1, -0.05) is 6.07 Å². The lowest BCUT2D eigenvalue weighted by Crippen LogP contribution is -2.47. The number of hydrogen-bond donors (Lipinski definition) is 1. The molecule has 1 rings (SSSR count). The second-order valence-electron chi connectivity index (χ2n) is 5.58. The average Bonchev–Trinajstić information content (AvgIpc) is 2.26. The van der Waals surface area contributed by atoms with E-state index in [1.54, 1.807) is 52.9 Å². The summed E-state index contributed by atoms with van der Waals surface area (Å²) in [5.74, 6) is 0. The minimum atomic E-state index is -1.15. The standard InChI is InChI=1S/C14H20N2O3/c1-10-11(7-6-8-15-10)14(5,9-17)16-12(18)19-13(2,3)4/h6-9H,1-5H3,(H,16,18). The molecule has 1 amide bonds. The summed E-state index contributed by atoms with van der Waals surface area (Å²) in [6.07, 6.45) is 1.68. The Morgan fingerprint density at radius 2 is 2.00 bits per heavy atom. The Morgan fingerprint density at radius 1 is 1.37 bits per heavy atom. The van der Waals surface area contributed by atoms with Gasteiger partial charge in [0.1, 0.15) is 17.4 Å². The molecule has 1 aromatic rings. The van der Waals surface area contributed by atoms with Gasteiger partial charge in [-0.25, -0.2) is 4.79 Å². The Labute approximate surface area is 113 Å². The molecule has 0 bridgehead atoms. The fourth-order valence-electron chi connectivity index (χ4n) is 1.71. The molecule has 0 saturated heterocycles. The number of alkyl carbamates (subject to hydrolysis) is 1. The van der Waals surface area contributed by atoms with E-state index in [2.05, 4.69) is 10.3 Å². The number of ether oxygens (including phenoxy) is 1. The van der Waals surface area contributed by atoms with E-state index in [-0.39, 0.29) is 0 Å². The van der Waals surface area contributed by atoms with Crippen LogP contribution in [0.25, 0.3) is 0 Å². The molecule has 0 aliphatic carbocycles. The average molecular weight is 264 g/mol. The van der Waals surface area contributed by atoms with Crippen LogP contribution in [0.2, 0.25) is 0 Å². The molecule has 0 saturated carbocycles. The number of rotatable bonds is 3. The van der Waals surface area contributed by atoms with Crippen LogP contribution in [-0.4, -0.2) is 23.0 Å². The van der Waals surface area contributed by atoms with Gasteiger partial charge in [-0.3, -0.25) is 4.98 Å². The number of nitrogens with one attached hydrogen (secondary N) is 1. The van der Waals surface area contributed by atoms with Gasteiger partial charge < -0.3 is 14.8 Å². The minimum absolute atomic E-state index is 0.613. The van der Waals surface area contributed by atoms with Crippen LogP contribution in [0.3, 0.4) is 0 Å². The van der Waals surface area contributed by atoms with Crippen molar-refractivity contribution >= 4 is 12.4 Å². The van der Waals surface area contributed by atoms with Crippen molar-refractivity contribution in [3.63, 3.8) is 0 Å². The van der Waals surface area contributed by atoms with E-state index in [0.29, 0.717) is 17.5 Å². The Hall–Kier alpha value is -1.91. The number of amides is 1. The number of carbonyl (C=O) groups is 2. The molecule has 1 atom stereocenters. The maximum atomic E-state index is 11.8. The van der Waals surface area contributed by atoms with Crippen LogP contribution >= 0.6 is 0 Å². The highest BCUT2D eigenvalue weighted by atomic mass is 16.6. The third-order valence-corrected chi connectivity index (χ3v) is 2.56. The van der Waals surface area contributed by atoms with Crippen LogP contribution in [0.4, 0.5) is 4.79 Å². The maximum absolute atomic E-state index is 11.8. The fraction of sp³-hybridized carbons (Fsp3) is 0.500. The van der Waals surface area contributed by atoms with Crippen LogP contribution in [0, 0.1) is 6.92 Å². The Bertz CT molecular complexity index is 480. The summed E-state index contributed by atoms with van der Waals surface area (Å²) in [6, 6.07) is 3.48. The first-order valence-electron chi connectivity index (χ1n) is 6.07. The molecule has 0 fully saturated rings.